The molecule has 2 aromatic rings. The Bertz CT molecular complexity index is 946. The first-order valence-electron chi connectivity index (χ1n) is 10.1. The highest BCUT2D eigenvalue weighted by Gasteiger charge is 2.40. The van der Waals surface area contributed by atoms with Gasteiger partial charge in [0.1, 0.15) is 5.04 Å². The van der Waals surface area contributed by atoms with E-state index in [2.05, 4.69) is 24.4 Å². The molecule has 5 nitrogen and oxygen atoms in total. The van der Waals surface area contributed by atoms with Crippen molar-refractivity contribution in [2.75, 3.05) is 24.2 Å². The fourth-order valence-electron chi connectivity index (χ4n) is 3.74. The lowest BCUT2D eigenvalue weighted by Crippen LogP contribution is -2.46. The number of nitrogens with one attached hydrogen (secondary N) is 1. The van der Waals surface area contributed by atoms with E-state index < -0.39 is 5.66 Å². The predicted octanol–water partition coefficient (Wildman–Crippen LogP) is 4.97. The highest BCUT2D eigenvalue weighted by molar-refractivity contribution is 8.15. The number of rotatable bonds is 3. The second-order valence-electron chi connectivity index (χ2n) is 7.39. The van der Waals surface area contributed by atoms with Gasteiger partial charge in [0, 0.05) is 37.2 Å². The van der Waals surface area contributed by atoms with E-state index in [1.165, 1.54) is 0 Å². The smallest absolute Gasteiger partial charge is 0.321 e. The van der Waals surface area contributed by atoms with Crippen molar-refractivity contribution in [2.24, 2.45) is 9.98 Å². The highest BCUT2D eigenvalue weighted by atomic mass is 32.2. The van der Waals surface area contributed by atoms with Crippen LogP contribution in [0.25, 0.3) is 0 Å². The van der Waals surface area contributed by atoms with Crippen LogP contribution in [0.3, 0.4) is 0 Å². The molecule has 0 radical (unpaired) electrons. The molecule has 1 N–H and O–H groups in total. The van der Waals surface area contributed by atoms with Gasteiger partial charge in [-0.15, -0.1) is 11.8 Å². The number of thioether (sulfide) groups is 1. The van der Waals surface area contributed by atoms with Gasteiger partial charge in [-0.1, -0.05) is 55.5 Å². The second-order valence-corrected chi connectivity index (χ2v) is 8.64. The van der Waals surface area contributed by atoms with Crippen molar-refractivity contribution < 1.29 is 4.79 Å². The summed E-state index contributed by atoms with van der Waals surface area (Å²) < 4.78 is 0. The number of benzene rings is 2. The number of carbonyl (C=O) groups excluding carboxylic acids is 1. The van der Waals surface area contributed by atoms with Gasteiger partial charge in [0.15, 0.2) is 5.66 Å². The monoisotopic (exact) mass is 406 g/mol. The number of aryl methyl sites for hydroxylation is 1. The maximum atomic E-state index is 12.7. The first kappa shape index (κ1) is 19.7. The van der Waals surface area contributed by atoms with Crippen LogP contribution in [-0.4, -0.2) is 46.2 Å². The second kappa shape index (κ2) is 8.41. The summed E-state index contributed by atoms with van der Waals surface area (Å²) in [4.78, 5) is 24.7. The summed E-state index contributed by atoms with van der Waals surface area (Å²) in [7, 11) is 0. The molecule has 0 bridgehead atoms. The number of aliphatic imine (C=N–C) groups is 2. The Labute approximate surface area is 176 Å². The molecular weight excluding hydrogens is 380 g/mol. The molecule has 6 heteroatoms. The van der Waals surface area contributed by atoms with Gasteiger partial charge in [0.2, 0.25) is 0 Å². The molecule has 2 aliphatic rings. The number of urea groups is 1. The number of hydrogen-bond donors (Lipinski definition) is 1. The van der Waals surface area contributed by atoms with Gasteiger partial charge in [0.05, 0.1) is 5.71 Å². The third-order valence-electron chi connectivity index (χ3n) is 5.40. The molecule has 4 rings (SSSR count). The fraction of sp³-hybridized carbons (Fsp3) is 0.348. The summed E-state index contributed by atoms with van der Waals surface area (Å²) in [6.45, 7) is 5.44. The molecule has 1 spiro atoms. The Morgan fingerprint density at radius 2 is 1.76 bits per heavy atom. The van der Waals surface area contributed by atoms with E-state index in [1.807, 2.05) is 54.3 Å². The summed E-state index contributed by atoms with van der Waals surface area (Å²) in [5.74, 6) is 0.964. The third kappa shape index (κ3) is 4.22. The maximum Gasteiger partial charge on any atom is 0.321 e. The molecule has 1 fully saturated rings. The van der Waals surface area contributed by atoms with Crippen LogP contribution in [0, 0.1) is 6.92 Å². The summed E-state index contributed by atoms with van der Waals surface area (Å²) >= 11 is 1.75. The summed E-state index contributed by atoms with van der Waals surface area (Å²) in [5.41, 5.74) is 3.61. The molecule has 0 saturated carbocycles. The number of nitrogens with zero attached hydrogens (tertiary/aromatic N) is 3. The quantitative estimate of drug-likeness (QED) is 0.782. The Hall–Kier alpha value is -2.60. The van der Waals surface area contributed by atoms with E-state index in [0.717, 1.165) is 46.2 Å². The minimum atomic E-state index is -0.428. The zero-order valence-corrected chi connectivity index (χ0v) is 17.7. The summed E-state index contributed by atoms with van der Waals surface area (Å²) in [6.07, 6.45) is 1.50. The van der Waals surface area contributed by atoms with Gasteiger partial charge in [-0.25, -0.2) is 9.79 Å². The minimum absolute atomic E-state index is 0.0495. The first-order chi connectivity index (χ1) is 14.1. The fourth-order valence-corrected chi connectivity index (χ4v) is 4.55. The molecule has 150 valence electrons. The number of carbonyl (C=O) groups is 1. The molecule has 2 aromatic carbocycles. The van der Waals surface area contributed by atoms with Gasteiger partial charge in [0.25, 0.3) is 0 Å². The molecule has 0 unspecified atom stereocenters. The van der Waals surface area contributed by atoms with Crippen molar-refractivity contribution in [2.45, 2.75) is 32.4 Å². The van der Waals surface area contributed by atoms with Gasteiger partial charge >= 0.3 is 6.03 Å². The van der Waals surface area contributed by atoms with E-state index in [4.69, 9.17) is 9.98 Å². The topological polar surface area (TPSA) is 57.1 Å². The zero-order chi connectivity index (χ0) is 20.3. The lowest BCUT2D eigenvalue weighted by atomic mass is 9.98. The molecule has 0 atom stereocenters. The lowest BCUT2D eigenvalue weighted by Gasteiger charge is -2.35. The number of para-hydroxylation sites is 1. The Morgan fingerprint density at radius 3 is 2.45 bits per heavy atom. The predicted molar refractivity (Wildman–Crippen MR) is 122 cm³/mol. The van der Waals surface area contributed by atoms with Crippen LogP contribution in [0.15, 0.2) is 64.6 Å². The van der Waals surface area contributed by atoms with Crippen molar-refractivity contribution in [3.8, 4) is 0 Å². The Balaban J connectivity index is 1.47. The van der Waals surface area contributed by atoms with Crippen LogP contribution in [-0.2, 0) is 0 Å². The van der Waals surface area contributed by atoms with E-state index >= 15 is 0 Å². The van der Waals surface area contributed by atoms with E-state index in [9.17, 15) is 4.79 Å². The number of hydrogen-bond acceptors (Lipinski definition) is 4. The molecule has 29 heavy (non-hydrogen) atoms. The largest absolute Gasteiger partial charge is 0.324 e. The van der Waals surface area contributed by atoms with Crippen LogP contribution in [0.4, 0.5) is 10.5 Å². The molecule has 2 amide bonds. The first-order valence-corrected chi connectivity index (χ1v) is 11.1. The Morgan fingerprint density at radius 1 is 1.07 bits per heavy atom. The van der Waals surface area contributed by atoms with Crippen LogP contribution in [0.5, 0.6) is 0 Å². The molecule has 2 aliphatic heterocycles. The number of amides is 2. The Kier molecular flexibility index (Phi) is 5.72. The van der Waals surface area contributed by atoms with E-state index in [-0.39, 0.29) is 6.03 Å². The minimum Gasteiger partial charge on any atom is -0.324 e. The summed E-state index contributed by atoms with van der Waals surface area (Å²) in [6, 6.07) is 18.1. The van der Waals surface area contributed by atoms with Gasteiger partial charge in [-0.2, -0.15) is 0 Å². The van der Waals surface area contributed by atoms with Crippen molar-refractivity contribution in [1.29, 1.82) is 0 Å². The zero-order valence-electron chi connectivity index (χ0n) is 16.9. The van der Waals surface area contributed by atoms with E-state index in [1.54, 1.807) is 11.8 Å². The van der Waals surface area contributed by atoms with Crippen LogP contribution in [0.2, 0.25) is 0 Å². The van der Waals surface area contributed by atoms with Crippen LogP contribution < -0.4 is 5.32 Å². The summed E-state index contributed by atoms with van der Waals surface area (Å²) in [5, 5.41) is 4.06. The van der Waals surface area contributed by atoms with Crippen molar-refractivity contribution >= 4 is 34.2 Å². The van der Waals surface area contributed by atoms with Crippen LogP contribution in [0.1, 0.15) is 30.9 Å². The number of anilines is 1. The average molecular weight is 407 g/mol. The molecule has 2 heterocycles. The molecule has 0 aliphatic carbocycles. The van der Waals surface area contributed by atoms with E-state index in [0.29, 0.717) is 13.1 Å². The molecule has 0 aromatic heterocycles. The van der Waals surface area contributed by atoms with Gasteiger partial charge in [-0.05, 0) is 24.3 Å². The normalized spacial score (nSPS) is 17.8. The third-order valence-corrected chi connectivity index (χ3v) is 6.25. The number of piperidine rings is 1. The maximum absolute atomic E-state index is 12.7. The van der Waals surface area contributed by atoms with Crippen molar-refractivity contribution in [1.82, 2.24) is 4.90 Å². The molecular formula is C23H26N4OS. The van der Waals surface area contributed by atoms with Gasteiger partial charge in [-0.3, -0.25) is 4.99 Å². The molecule has 1 saturated heterocycles. The lowest BCUT2D eigenvalue weighted by molar-refractivity contribution is 0.175. The highest BCUT2D eigenvalue weighted by Crippen LogP contribution is 2.35. The standard InChI is InChI=1S/C23H26N4OS/c1-3-29-21-20(18-10-5-4-6-11-18)25-23(26-21)13-15-27(16-14-23)22(28)24-19-12-8-7-9-17(19)2/h4-12H,3,13-16H2,1-2H3,(H,24,28). The van der Waals surface area contributed by atoms with Gasteiger partial charge < -0.3 is 10.2 Å². The average Bonchev–Trinajstić information content (AvgIpc) is 3.09. The SMILES string of the molecule is CCSC1=NC2(CCN(C(=O)Nc3ccccc3C)CC2)N=C1c1ccccc1. The van der Waals surface area contributed by atoms with Crippen LogP contribution >= 0.6 is 11.8 Å². The van der Waals surface area contributed by atoms with Crippen molar-refractivity contribution in [3.05, 3.63) is 65.7 Å². The number of likely N-dealkylation sites (tertiary alicyclic amines) is 1. The van der Waals surface area contributed by atoms with Crippen molar-refractivity contribution in [3.63, 3.8) is 0 Å².